The second-order valence-electron chi connectivity index (χ2n) is 3.89. The summed E-state index contributed by atoms with van der Waals surface area (Å²) in [7, 11) is 1.40. The Morgan fingerprint density at radius 1 is 1.29 bits per heavy atom. The highest BCUT2D eigenvalue weighted by Crippen LogP contribution is 2.10. The zero-order valence-electron chi connectivity index (χ0n) is 10.6. The van der Waals surface area contributed by atoms with E-state index in [1.54, 1.807) is 13.8 Å². The van der Waals surface area contributed by atoms with Gasteiger partial charge in [0.1, 0.15) is 7.11 Å². The molecule has 17 heavy (non-hydrogen) atoms. The smallest absolute Gasteiger partial charge is 0.361 e. The molecular weight excluding hydrogens is 218 g/mol. The molecule has 0 spiro atoms. The standard InChI is InChI=1S/C13H17NO3/c1-9(2)17-13(15)12(14-16-4)11-8-6-5-7-10(11)3/h5-9H,1-4H3. The monoisotopic (exact) mass is 235 g/mol. The van der Waals surface area contributed by atoms with E-state index >= 15 is 0 Å². The molecule has 0 atom stereocenters. The lowest BCUT2D eigenvalue weighted by molar-refractivity contribution is -0.139. The third kappa shape index (κ3) is 3.59. The maximum Gasteiger partial charge on any atom is 0.361 e. The molecule has 0 saturated heterocycles. The van der Waals surface area contributed by atoms with E-state index in [4.69, 9.17) is 9.57 Å². The molecule has 0 heterocycles. The summed E-state index contributed by atoms with van der Waals surface area (Å²) >= 11 is 0. The van der Waals surface area contributed by atoms with Gasteiger partial charge in [-0.2, -0.15) is 0 Å². The lowest BCUT2D eigenvalue weighted by Crippen LogP contribution is -2.23. The first kappa shape index (κ1) is 13.2. The first-order valence-corrected chi connectivity index (χ1v) is 5.44. The molecule has 0 saturated carbocycles. The maximum absolute atomic E-state index is 11.9. The van der Waals surface area contributed by atoms with Gasteiger partial charge in [0.25, 0.3) is 0 Å². The molecule has 1 rings (SSSR count). The molecule has 0 aliphatic carbocycles. The van der Waals surface area contributed by atoms with E-state index in [1.807, 2.05) is 31.2 Å². The topological polar surface area (TPSA) is 47.9 Å². The van der Waals surface area contributed by atoms with Crippen LogP contribution in [0.1, 0.15) is 25.0 Å². The number of ether oxygens (including phenoxy) is 1. The fraction of sp³-hybridized carbons (Fsp3) is 0.385. The van der Waals surface area contributed by atoms with Crippen molar-refractivity contribution in [3.63, 3.8) is 0 Å². The number of benzene rings is 1. The highest BCUT2D eigenvalue weighted by Gasteiger charge is 2.19. The predicted octanol–water partition coefficient (Wildman–Crippen LogP) is 2.30. The second kappa shape index (κ2) is 6.03. The van der Waals surface area contributed by atoms with E-state index in [1.165, 1.54) is 7.11 Å². The normalized spacial score (nSPS) is 11.5. The van der Waals surface area contributed by atoms with Gasteiger partial charge in [0.2, 0.25) is 0 Å². The summed E-state index contributed by atoms with van der Waals surface area (Å²) in [5, 5.41) is 3.75. The third-order valence-corrected chi connectivity index (χ3v) is 2.12. The number of carbonyl (C=O) groups excluding carboxylic acids is 1. The van der Waals surface area contributed by atoms with E-state index < -0.39 is 5.97 Å². The van der Waals surface area contributed by atoms with Gasteiger partial charge in [0.05, 0.1) is 6.10 Å². The van der Waals surface area contributed by atoms with Crippen LogP contribution in [-0.2, 0) is 14.4 Å². The highest BCUT2D eigenvalue weighted by molar-refractivity contribution is 6.43. The molecule has 0 aromatic heterocycles. The van der Waals surface area contributed by atoms with Crippen molar-refractivity contribution in [3.05, 3.63) is 35.4 Å². The van der Waals surface area contributed by atoms with Gasteiger partial charge in [-0.25, -0.2) is 4.79 Å². The van der Waals surface area contributed by atoms with Crippen LogP contribution in [0, 0.1) is 6.92 Å². The summed E-state index contributed by atoms with van der Waals surface area (Å²) in [5.74, 6) is -0.476. The minimum absolute atomic E-state index is 0.187. The van der Waals surface area contributed by atoms with E-state index in [0.717, 1.165) is 11.1 Å². The summed E-state index contributed by atoms with van der Waals surface area (Å²) in [4.78, 5) is 16.6. The molecule has 0 unspecified atom stereocenters. The largest absolute Gasteiger partial charge is 0.458 e. The van der Waals surface area contributed by atoms with Crippen molar-refractivity contribution in [1.29, 1.82) is 0 Å². The zero-order valence-corrected chi connectivity index (χ0v) is 10.6. The number of hydrogen-bond acceptors (Lipinski definition) is 4. The van der Waals surface area contributed by atoms with Gasteiger partial charge in [-0.1, -0.05) is 29.4 Å². The van der Waals surface area contributed by atoms with E-state index in [9.17, 15) is 4.79 Å². The molecule has 92 valence electrons. The molecule has 4 nitrogen and oxygen atoms in total. The minimum atomic E-state index is -0.476. The van der Waals surface area contributed by atoms with E-state index in [0.29, 0.717) is 0 Å². The Kier molecular flexibility index (Phi) is 4.69. The summed E-state index contributed by atoms with van der Waals surface area (Å²) in [6.45, 7) is 5.49. The quantitative estimate of drug-likeness (QED) is 0.457. The molecule has 0 N–H and O–H groups in total. The van der Waals surface area contributed by atoms with Crippen LogP contribution in [0.5, 0.6) is 0 Å². The molecule has 0 amide bonds. The van der Waals surface area contributed by atoms with Crippen molar-refractivity contribution < 1.29 is 14.4 Å². The Balaban J connectivity index is 3.07. The van der Waals surface area contributed by atoms with E-state index in [2.05, 4.69) is 5.16 Å². The summed E-state index contributed by atoms with van der Waals surface area (Å²) in [6, 6.07) is 7.46. The first-order valence-electron chi connectivity index (χ1n) is 5.44. The molecule has 0 radical (unpaired) electrons. The zero-order chi connectivity index (χ0) is 12.8. The fourth-order valence-electron chi connectivity index (χ4n) is 1.40. The van der Waals surface area contributed by atoms with Crippen LogP contribution in [0.25, 0.3) is 0 Å². The van der Waals surface area contributed by atoms with Crippen molar-refractivity contribution in [1.82, 2.24) is 0 Å². The Morgan fingerprint density at radius 3 is 2.47 bits per heavy atom. The van der Waals surface area contributed by atoms with Gasteiger partial charge < -0.3 is 9.57 Å². The fourth-order valence-corrected chi connectivity index (χ4v) is 1.40. The number of oxime groups is 1. The van der Waals surface area contributed by atoms with Gasteiger partial charge in [0, 0.05) is 5.56 Å². The van der Waals surface area contributed by atoms with Crippen molar-refractivity contribution >= 4 is 11.7 Å². The number of esters is 1. The van der Waals surface area contributed by atoms with Crippen LogP contribution in [0.15, 0.2) is 29.4 Å². The number of hydrogen-bond donors (Lipinski definition) is 0. The van der Waals surface area contributed by atoms with E-state index in [-0.39, 0.29) is 11.8 Å². The van der Waals surface area contributed by atoms with Crippen molar-refractivity contribution in [2.45, 2.75) is 26.9 Å². The second-order valence-corrected chi connectivity index (χ2v) is 3.89. The third-order valence-electron chi connectivity index (χ3n) is 2.12. The Bertz CT molecular complexity index is 424. The highest BCUT2D eigenvalue weighted by atomic mass is 16.6. The maximum atomic E-state index is 11.9. The number of nitrogens with zero attached hydrogens (tertiary/aromatic N) is 1. The van der Waals surface area contributed by atoms with Crippen LogP contribution in [0.4, 0.5) is 0 Å². The van der Waals surface area contributed by atoms with Crippen molar-refractivity contribution in [2.24, 2.45) is 5.16 Å². The molecule has 4 heteroatoms. The summed E-state index contributed by atoms with van der Waals surface area (Å²) in [6.07, 6.45) is -0.187. The first-order chi connectivity index (χ1) is 8.06. The lowest BCUT2D eigenvalue weighted by Gasteiger charge is -2.11. The van der Waals surface area contributed by atoms with Crippen LogP contribution in [0.3, 0.4) is 0 Å². The number of rotatable bonds is 4. The van der Waals surface area contributed by atoms with Crippen LogP contribution in [0.2, 0.25) is 0 Å². The van der Waals surface area contributed by atoms with Gasteiger partial charge in [0.15, 0.2) is 5.71 Å². The molecule has 1 aromatic rings. The Labute approximate surface area is 101 Å². The molecule has 0 fully saturated rings. The predicted molar refractivity (Wildman–Crippen MR) is 66.0 cm³/mol. The molecule has 0 bridgehead atoms. The molecule has 0 aliphatic rings. The minimum Gasteiger partial charge on any atom is -0.458 e. The average molecular weight is 235 g/mol. The number of aryl methyl sites for hydroxylation is 1. The van der Waals surface area contributed by atoms with Crippen LogP contribution >= 0.6 is 0 Å². The molecule has 1 aromatic carbocycles. The Morgan fingerprint density at radius 2 is 1.94 bits per heavy atom. The lowest BCUT2D eigenvalue weighted by atomic mass is 10.0. The molecular formula is C13H17NO3. The summed E-state index contributed by atoms with van der Waals surface area (Å²) in [5.41, 5.74) is 1.86. The Hall–Kier alpha value is -1.84. The van der Waals surface area contributed by atoms with Crippen molar-refractivity contribution in [2.75, 3.05) is 7.11 Å². The van der Waals surface area contributed by atoms with Gasteiger partial charge in [-0.05, 0) is 26.3 Å². The van der Waals surface area contributed by atoms with Crippen LogP contribution in [-0.4, -0.2) is 24.9 Å². The van der Waals surface area contributed by atoms with Gasteiger partial charge in [-0.3, -0.25) is 0 Å². The van der Waals surface area contributed by atoms with Gasteiger partial charge >= 0.3 is 5.97 Å². The molecule has 0 aliphatic heterocycles. The number of carbonyl (C=O) groups is 1. The van der Waals surface area contributed by atoms with Crippen molar-refractivity contribution in [3.8, 4) is 0 Å². The SMILES string of the molecule is CON=C(C(=O)OC(C)C)c1ccccc1C. The van der Waals surface area contributed by atoms with Crippen LogP contribution < -0.4 is 0 Å². The average Bonchev–Trinajstić information content (AvgIpc) is 2.26. The summed E-state index contributed by atoms with van der Waals surface area (Å²) < 4.78 is 5.12. The van der Waals surface area contributed by atoms with Gasteiger partial charge in [-0.15, -0.1) is 0 Å².